The van der Waals surface area contributed by atoms with E-state index in [4.69, 9.17) is 4.74 Å². The van der Waals surface area contributed by atoms with Gasteiger partial charge in [0.05, 0.1) is 12.8 Å². The van der Waals surface area contributed by atoms with Crippen molar-refractivity contribution < 1.29 is 9.53 Å². The van der Waals surface area contributed by atoms with E-state index in [1.165, 1.54) is 10.7 Å². The third-order valence-corrected chi connectivity index (χ3v) is 3.81. The number of H-pyrrole nitrogens is 1. The van der Waals surface area contributed by atoms with E-state index in [2.05, 4.69) is 20.6 Å². The fourth-order valence-corrected chi connectivity index (χ4v) is 2.45. The van der Waals surface area contributed by atoms with Crippen molar-refractivity contribution in [2.75, 3.05) is 13.7 Å². The number of aromatic amines is 1. The van der Waals surface area contributed by atoms with Gasteiger partial charge in [-0.1, -0.05) is 12.1 Å². The molecule has 0 radical (unpaired) electrons. The number of carbonyl (C=O) groups excluding carboxylic acids is 1. The Kier molecular flexibility index (Phi) is 5.43. The summed E-state index contributed by atoms with van der Waals surface area (Å²) in [4.78, 5) is 23.7. The molecule has 0 unspecified atom stereocenters. The molecule has 0 aliphatic rings. The molecule has 0 aliphatic carbocycles. The van der Waals surface area contributed by atoms with Crippen LogP contribution in [0.3, 0.4) is 0 Å². The maximum atomic E-state index is 12.2. The number of carbonyl (C=O) groups is 1. The molecule has 134 valence electrons. The van der Waals surface area contributed by atoms with Gasteiger partial charge >= 0.3 is 0 Å². The summed E-state index contributed by atoms with van der Waals surface area (Å²) in [7, 11) is 1.60. The normalized spacial score (nSPS) is 10.5. The third-order valence-electron chi connectivity index (χ3n) is 3.81. The predicted octanol–water partition coefficient (Wildman–Crippen LogP) is 1.46. The highest BCUT2D eigenvalue weighted by Crippen LogP contribution is 2.22. The first-order valence-corrected chi connectivity index (χ1v) is 8.17. The van der Waals surface area contributed by atoms with Gasteiger partial charge < -0.3 is 10.1 Å². The molecule has 0 fully saturated rings. The minimum Gasteiger partial charge on any atom is -0.497 e. The molecule has 2 heterocycles. The Morgan fingerprint density at radius 1 is 1.27 bits per heavy atom. The van der Waals surface area contributed by atoms with E-state index in [1.54, 1.807) is 25.4 Å². The van der Waals surface area contributed by atoms with Crippen molar-refractivity contribution in [3.05, 3.63) is 64.7 Å². The maximum Gasteiger partial charge on any atom is 0.269 e. The number of nitrogens with zero attached hydrogens (tertiary/aromatic N) is 3. The van der Waals surface area contributed by atoms with Gasteiger partial charge in [-0.2, -0.15) is 10.2 Å². The highest BCUT2D eigenvalue weighted by atomic mass is 16.5. The highest BCUT2D eigenvalue weighted by Gasteiger charge is 2.11. The number of methoxy groups -OCH3 is 1. The average molecular weight is 353 g/mol. The van der Waals surface area contributed by atoms with Crippen LogP contribution in [0.2, 0.25) is 0 Å². The lowest BCUT2D eigenvalue weighted by atomic mass is 10.1. The van der Waals surface area contributed by atoms with Gasteiger partial charge in [-0.25, -0.2) is 4.68 Å². The molecule has 8 nitrogen and oxygen atoms in total. The van der Waals surface area contributed by atoms with Crippen LogP contribution in [-0.2, 0) is 6.54 Å². The van der Waals surface area contributed by atoms with Gasteiger partial charge in [-0.15, -0.1) is 0 Å². The largest absolute Gasteiger partial charge is 0.497 e. The van der Waals surface area contributed by atoms with Crippen LogP contribution in [0.1, 0.15) is 16.9 Å². The molecule has 1 aromatic carbocycles. The lowest BCUT2D eigenvalue weighted by Crippen LogP contribution is -2.28. The molecule has 2 N–H and O–H groups in total. The topological polar surface area (TPSA) is 102 Å². The van der Waals surface area contributed by atoms with E-state index in [0.29, 0.717) is 30.9 Å². The SMILES string of the molecule is COc1cccc(-c2cc(C(=O)NCCCn3ncccc3=O)[nH]n2)c1. The monoisotopic (exact) mass is 353 g/mol. The van der Waals surface area contributed by atoms with Gasteiger partial charge in [-0.3, -0.25) is 14.7 Å². The first-order valence-electron chi connectivity index (χ1n) is 8.17. The second kappa shape index (κ2) is 8.11. The van der Waals surface area contributed by atoms with Crippen LogP contribution in [0.15, 0.2) is 53.5 Å². The van der Waals surface area contributed by atoms with Crippen LogP contribution < -0.4 is 15.6 Å². The molecule has 0 saturated heterocycles. The summed E-state index contributed by atoms with van der Waals surface area (Å²) in [5.74, 6) is 0.473. The fraction of sp³-hybridized carbons (Fsp3) is 0.222. The molecule has 0 saturated carbocycles. The van der Waals surface area contributed by atoms with Crippen LogP contribution in [0.4, 0.5) is 0 Å². The van der Waals surface area contributed by atoms with Crippen LogP contribution in [0, 0.1) is 0 Å². The summed E-state index contributed by atoms with van der Waals surface area (Å²) in [6, 6.07) is 12.2. The van der Waals surface area contributed by atoms with Crippen molar-refractivity contribution >= 4 is 5.91 Å². The molecular weight excluding hydrogens is 334 g/mol. The summed E-state index contributed by atoms with van der Waals surface area (Å²) < 4.78 is 6.56. The number of ether oxygens (including phenoxy) is 1. The van der Waals surface area contributed by atoms with E-state index in [9.17, 15) is 9.59 Å². The van der Waals surface area contributed by atoms with E-state index in [0.717, 1.165) is 11.3 Å². The number of amides is 1. The molecular formula is C18H19N5O3. The fourth-order valence-electron chi connectivity index (χ4n) is 2.45. The van der Waals surface area contributed by atoms with Crippen molar-refractivity contribution in [2.45, 2.75) is 13.0 Å². The second-order valence-corrected chi connectivity index (χ2v) is 5.59. The third kappa shape index (κ3) is 4.15. The van der Waals surface area contributed by atoms with E-state index < -0.39 is 0 Å². The number of aryl methyl sites for hydroxylation is 1. The maximum absolute atomic E-state index is 12.2. The molecule has 26 heavy (non-hydrogen) atoms. The van der Waals surface area contributed by atoms with Crippen LogP contribution >= 0.6 is 0 Å². The number of benzene rings is 1. The van der Waals surface area contributed by atoms with Gasteiger partial charge in [0.2, 0.25) is 0 Å². The summed E-state index contributed by atoms with van der Waals surface area (Å²) in [5.41, 5.74) is 1.73. The number of nitrogens with one attached hydrogen (secondary N) is 2. The Balaban J connectivity index is 1.55. The molecule has 3 aromatic rings. The average Bonchev–Trinajstić information content (AvgIpc) is 3.17. The minimum atomic E-state index is -0.250. The van der Waals surface area contributed by atoms with Gasteiger partial charge in [0.15, 0.2) is 0 Å². The molecule has 2 aromatic heterocycles. The number of hydrogen-bond acceptors (Lipinski definition) is 5. The van der Waals surface area contributed by atoms with Gasteiger partial charge in [0.25, 0.3) is 11.5 Å². The molecule has 0 atom stereocenters. The first-order chi connectivity index (χ1) is 12.7. The predicted molar refractivity (Wildman–Crippen MR) is 96.0 cm³/mol. The Labute approximate surface area is 149 Å². The minimum absolute atomic E-state index is 0.157. The Morgan fingerprint density at radius 2 is 2.15 bits per heavy atom. The van der Waals surface area contributed by atoms with Gasteiger partial charge in [-0.05, 0) is 30.7 Å². The van der Waals surface area contributed by atoms with Crippen LogP contribution in [0.25, 0.3) is 11.3 Å². The van der Waals surface area contributed by atoms with Gasteiger partial charge in [0, 0.05) is 30.9 Å². The quantitative estimate of drug-likeness (QED) is 0.626. The van der Waals surface area contributed by atoms with Crippen LogP contribution in [-0.4, -0.2) is 39.5 Å². The van der Waals surface area contributed by atoms with Crippen molar-refractivity contribution in [1.82, 2.24) is 25.3 Å². The lowest BCUT2D eigenvalue weighted by Gasteiger charge is -2.05. The van der Waals surface area contributed by atoms with E-state index in [-0.39, 0.29) is 11.5 Å². The molecule has 8 heteroatoms. The summed E-state index contributed by atoms with van der Waals surface area (Å²) in [6.45, 7) is 0.868. The lowest BCUT2D eigenvalue weighted by molar-refractivity contribution is 0.0947. The van der Waals surface area contributed by atoms with E-state index in [1.807, 2.05) is 24.3 Å². The molecule has 0 spiro atoms. The van der Waals surface area contributed by atoms with Crippen molar-refractivity contribution in [3.63, 3.8) is 0 Å². The number of hydrogen-bond donors (Lipinski definition) is 2. The Bertz CT molecular complexity index is 948. The van der Waals surface area contributed by atoms with Crippen LogP contribution in [0.5, 0.6) is 5.75 Å². The zero-order valence-electron chi connectivity index (χ0n) is 14.3. The molecule has 1 amide bonds. The molecule has 0 aliphatic heterocycles. The number of rotatable bonds is 7. The molecule has 0 bridgehead atoms. The summed E-state index contributed by atoms with van der Waals surface area (Å²) in [5, 5.41) is 13.7. The molecule has 3 rings (SSSR count). The van der Waals surface area contributed by atoms with Crippen molar-refractivity contribution in [1.29, 1.82) is 0 Å². The zero-order chi connectivity index (χ0) is 18.4. The summed E-state index contributed by atoms with van der Waals surface area (Å²) >= 11 is 0. The summed E-state index contributed by atoms with van der Waals surface area (Å²) in [6.07, 6.45) is 2.16. The highest BCUT2D eigenvalue weighted by molar-refractivity contribution is 5.93. The van der Waals surface area contributed by atoms with Gasteiger partial charge in [0.1, 0.15) is 11.4 Å². The zero-order valence-corrected chi connectivity index (χ0v) is 14.3. The number of aromatic nitrogens is 4. The standard InChI is InChI=1S/C18H19N5O3/c1-26-14-6-2-5-13(11-14)15-12-16(22-21-15)18(25)19-8-4-10-23-17(24)7-3-9-20-23/h2-3,5-7,9,11-12H,4,8,10H2,1H3,(H,19,25)(H,21,22). The Hall–Kier alpha value is -3.42. The van der Waals surface area contributed by atoms with Crippen molar-refractivity contribution in [3.8, 4) is 17.0 Å². The van der Waals surface area contributed by atoms with Crippen molar-refractivity contribution in [2.24, 2.45) is 0 Å². The first kappa shape index (κ1) is 17.4. The second-order valence-electron chi connectivity index (χ2n) is 5.59. The van der Waals surface area contributed by atoms with E-state index >= 15 is 0 Å². The smallest absolute Gasteiger partial charge is 0.269 e. The Morgan fingerprint density at radius 3 is 2.96 bits per heavy atom.